The largest absolute Gasteiger partial charge is 0.489 e. The Balaban J connectivity index is 2.08. The van der Waals surface area contributed by atoms with E-state index >= 15 is 0 Å². The Morgan fingerprint density at radius 1 is 1.00 bits per heavy atom. The van der Waals surface area contributed by atoms with Crippen molar-refractivity contribution in [3.63, 3.8) is 0 Å². The molecule has 2 aromatic carbocycles. The molecule has 2 aromatic rings. The molecular formula is C17H21NO. The van der Waals surface area contributed by atoms with E-state index in [2.05, 4.69) is 49.5 Å². The molecule has 0 aromatic heterocycles. The van der Waals surface area contributed by atoms with Gasteiger partial charge in [0.15, 0.2) is 0 Å². The van der Waals surface area contributed by atoms with Gasteiger partial charge in [0.05, 0.1) is 0 Å². The number of hydrogen-bond acceptors (Lipinski definition) is 2. The number of ether oxygens (including phenoxy) is 1. The number of aryl methyl sites for hydroxylation is 2. The predicted molar refractivity (Wildman–Crippen MR) is 79.5 cm³/mol. The fraction of sp³-hybridized carbons (Fsp3) is 0.294. The van der Waals surface area contributed by atoms with Crippen LogP contribution in [0.5, 0.6) is 5.75 Å². The van der Waals surface area contributed by atoms with Gasteiger partial charge in [-0.25, -0.2) is 0 Å². The van der Waals surface area contributed by atoms with Crippen LogP contribution >= 0.6 is 0 Å². The van der Waals surface area contributed by atoms with Crippen molar-refractivity contribution in [2.45, 2.75) is 27.0 Å². The molecule has 0 unspecified atom stereocenters. The maximum Gasteiger partial charge on any atom is 0.120 e. The lowest BCUT2D eigenvalue weighted by atomic mass is 10.0. The summed E-state index contributed by atoms with van der Waals surface area (Å²) in [6.45, 7) is 5.74. The summed E-state index contributed by atoms with van der Waals surface area (Å²) in [6, 6.07) is 14.6. The van der Waals surface area contributed by atoms with Gasteiger partial charge in [-0.3, -0.25) is 0 Å². The number of rotatable bonds is 5. The molecule has 2 rings (SSSR count). The van der Waals surface area contributed by atoms with Gasteiger partial charge < -0.3 is 10.1 Å². The number of nitrogens with one attached hydrogen (secondary N) is 1. The van der Waals surface area contributed by atoms with Crippen LogP contribution < -0.4 is 10.1 Å². The van der Waals surface area contributed by atoms with Gasteiger partial charge >= 0.3 is 0 Å². The third kappa shape index (κ3) is 3.58. The summed E-state index contributed by atoms with van der Waals surface area (Å²) in [5.74, 6) is 0.926. The van der Waals surface area contributed by atoms with Crippen LogP contribution in [0.25, 0.3) is 0 Å². The highest BCUT2D eigenvalue weighted by Gasteiger charge is 2.03. The van der Waals surface area contributed by atoms with Crippen LogP contribution in [0.1, 0.15) is 22.3 Å². The SMILES string of the molecule is CNCc1cccc(OCc2c(C)cccc2C)c1. The van der Waals surface area contributed by atoms with Crippen molar-refractivity contribution in [1.29, 1.82) is 0 Å². The normalized spacial score (nSPS) is 10.5. The summed E-state index contributed by atoms with van der Waals surface area (Å²) in [6.07, 6.45) is 0. The summed E-state index contributed by atoms with van der Waals surface area (Å²) >= 11 is 0. The Kier molecular flexibility index (Phi) is 4.58. The molecule has 0 heterocycles. The average molecular weight is 255 g/mol. The number of benzene rings is 2. The molecule has 0 atom stereocenters. The Morgan fingerprint density at radius 3 is 2.37 bits per heavy atom. The summed E-state index contributed by atoms with van der Waals surface area (Å²) in [5, 5.41) is 3.15. The lowest BCUT2D eigenvalue weighted by Gasteiger charge is -2.12. The monoisotopic (exact) mass is 255 g/mol. The molecule has 19 heavy (non-hydrogen) atoms. The van der Waals surface area contributed by atoms with Gasteiger partial charge in [-0.1, -0.05) is 30.3 Å². The van der Waals surface area contributed by atoms with E-state index in [1.165, 1.54) is 22.3 Å². The van der Waals surface area contributed by atoms with Crippen molar-refractivity contribution in [2.24, 2.45) is 0 Å². The molecule has 0 radical (unpaired) electrons. The van der Waals surface area contributed by atoms with E-state index in [0.29, 0.717) is 6.61 Å². The molecule has 2 heteroatoms. The third-order valence-electron chi connectivity index (χ3n) is 3.31. The highest BCUT2D eigenvalue weighted by molar-refractivity contribution is 5.34. The Morgan fingerprint density at radius 2 is 1.68 bits per heavy atom. The van der Waals surface area contributed by atoms with Crippen LogP contribution in [0.4, 0.5) is 0 Å². The van der Waals surface area contributed by atoms with Gasteiger partial charge in [-0.15, -0.1) is 0 Å². The Bertz CT molecular complexity index is 528. The molecule has 2 nitrogen and oxygen atoms in total. The fourth-order valence-electron chi connectivity index (χ4n) is 2.18. The van der Waals surface area contributed by atoms with E-state index < -0.39 is 0 Å². The second-order valence-corrected chi connectivity index (χ2v) is 4.84. The molecule has 1 N–H and O–H groups in total. The topological polar surface area (TPSA) is 21.3 Å². The van der Waals surface area contributed by atoms with Crippen molar-refractivity contribution < 1.29 is 4.74 Å². The quantitative estimate of drug-likeness (QED) is 0.881. The Hall–Kier alpha value is -1.80. The Labute approximate surface area is 115 Å². The van der Waals surface area contributed by atoms with Crippen LogP contribution in [0.15, 0.2) is 42.5 Å². The summed E-state index contributed by atoms with van der Waals surface area (Å²) in [5.41, 5.74) is 5.08. The molecule has 0 saturated heterocycles. The van der Waals surface area contributed by atoms with Crippen LogP contribution in [-0.2, 0) is 13.2 Å². The minimum absolute atomic E-state index is 0.627. The minimum Gasteiger partial charge on any atom is -0.489 e. The second kappa shape index (κ2) is 6.39. The van der Waals surface area contributed by atoms with Crippen molar-refractivity contribution >= 4 is 0 Å². The predicted octanol–water partition coefficient (Wildman–Crippen LogP) is 3.60. The van der Waals surface area contributed by atoms with Crippen LogP contribution in [0.2, 0.25) is 0 Å². The molecular weight excluding hydrogens is 234 g/mol. The molecule has 0 aliphatic heterocycles. The highest BCUT2D eigenvalue weighted by atomic mass is 16.5. The minimum atomic E-state index is 0.627. The van der Waals surface area contributed by atoms with Gasteiger partial charge in [-0.2, -0.15) is 0 Å². The molecule has 0 spiro atoms. The second-order valence-electron chi connectivity index (χ2n) is 4.84. The zero-order valence-electron chi connectivity index (χ0n) is 11.9. The van der Waals surface area contributed by atoms with Crippen molar-refractivity contribution in [2.75, 3.05) is 7.05 Å². The van der Waals surface area contributed by atoms with E-state index in [9.17, 15) is 0 Å². The van der Waals surface area contributed by atoms with Crippen molar-refractivity contribution in [1.82, 2.24) is 5.32 Å². The first-order chi connectivity index (χ1) is 9.20. The van der Waals surface area contributed by atoms with E-state index in [4.69, 9.17) is 4.74 Å². The van der Waals surface area contributed by atoms with Crippen LogP contribution in [0, 0.1) is 13.8 Å². The van der Waals surface area contributed by atoms with Crippen LogP contribution in [-0.4, -0.2) is 7.05 Å². The number of hydrogen-bond donors (Lipinski definition) is 1. The molecule has 0 bridgehead atoms. The van der Waals surface area contributed by atoms with Crippen LogP contribution in [0.3, 0.4) is 0 Å². The molecule has 0 aliphatic carbocycles. The first kappa shape index (κ1) is 13.6. The summed E-state index contributed by atoms with van der Waals surface area (Å²) in [4.78, 5) is 0. The van der Waals surface area contributed by atoms with Crippen molar-refractivity contribution in [3.05, 3.63) is 64.7 Å². The highest BCUT2D eigenvalue weighted by Crippen LogP contribution is 2.18. The van der Waals surface area contributed by atoms with Gasteiger partial charge in [0.1, 0.15) is 12.4 Å². The molecule has 0 saturated carbocycles. The molecule has 0 amide bonds. The van der Waals surface area contributed by atoms with Gasteiger partial charge in [0, 0.05) is 6.54 Å². The molecule has 100 valence electrons. The molecule has 0 aliphatic rings. The zero-order chi connectivity index (χ0) is 13.7. The fourth-order valence-corrected chi connectivity index (χ4v) is 2.18. The molecule has 0 fully saturated rings. The smallest absolute Gasteiger partial charge is 0.120 e. The van der Waals surface area contributed by atoms with Gasteiger partial charge in [-0.05, 0) is 55.3 Å². The lowest BCUT2D eigenvalue weighted by Crippen LogP contribution is -2.05. The van der Waals surface area contributed by atoms with Gasteiger partial charge in [0.2, 0.25) is 0 Å². The first-order valence-electron chi connectivity index (χ1n) is 6.62. The van der Waals surface area contributed by atoms with E-state index in [1.807, 2.05) is 19.2 Å². The average Bonchev–Trinajstić information content (AvgIpc) is 2.39. The van der Waals surface area contributed by atoms with E-state index in [0.717, 1.165) is 12.3 Å². The summed E-state index contributed by atoms with van der Waals surface area (Å²) in [7, 11) is 1.95. The lowest BCUT2D eigenvalue weighted by molar-refractivity contribution is 0.304. The zero-order valence-corrected chi connectivity index (χ0v) is 11.9. The van der Waals surface area contributed by atoms with Crippen molar-refractivity contribution in [3.8, 4) is 5.75 Å². The maximum absolute atomic E-state index is 5.91. The van der Waals surface area contributed by atoms with Gasteiger partial charge in [0.25, 0.3) is 0 Å². The maximum atomic E-state index is 5.91. The third-order valence-corrected chi connectivity index (χ3v) is 3.31. The van der Waals surface area contributed by atoms with E-state index in [-0.39, 0.29) is 0 Å². The summed E-state index contributed by atoms with van der Waals surface area (Å²) < 4.78 is 5.91. The first-order valence-corrected chi connectivity index (χ1v) is 6.62. The van der Waals surface area contributed by atoms with E-state index in [1.54, 1.807) is 0 Å². The standard InChI is InChI=1S/C17H21NO/c1-13-6-4-7-14(2)17(13)12-19-16-9-5-8-15(10-16)11-18-3/h4-10,18H,11-12H2,1-3H3.